The van der Waals surface area contributed by atoms with Gasteiger partial charge in [0, 0.05) is 31.1 Å². The second-order valence-corrected chi connectivity index (χ2v) is 11.1. The minimum atomic E-state index is -0.564. The molecule has 0 unspecified atom stereocenters. The van der Waals surface area contributed by atoms with Gasteiger partial charge in [-0.1, -0.05) is 12.1 Å². The second-order valence-electron chi connectivity index (χ2n) is 11.1. The lowest BCUT2D eigenvalue weighted by Gasteiger charge is -2.34. The van der Waals surface area contributed by atoms with Crippen molar-refractivity contribution in [2.45, 2.75) is 58.2 Å². The number of hydrogen-bond acceptors (Lipinski definition) is 6. The Bertz CT molecular complexity index is 1350. The van der Waals surface area contributed by atoms with Gasteiger partial charge in [0.1, 0.15) is 18.1 Å². The van der Waals surface area contributed by atoms with Gasteiger partial charge < -0.3 is 19.9 Å². The van der Waals surface area contributed by atoms with Crippen molar-refractivity contribution in [1.29, 1.82) is 0 Å². The van der Waals surface area contributed by atoms with Crippen LogP contribution >= 0.6 is 0 Å². The number of aromatic nitrogens is 2. The smallest absolute Gasteiger partial charge is 0.178 e. The third-order valence-electron chi connectivity index (χ3n) is 8.28. The zero-order valence-electron chi connectivity index (χ0n) is 22.4. The largest absolute Gasteiger partial charge is 0.486 e. The van der Waals surface area contributed by atoms with Crippen LogP contribution in [0.2, 0.25) is 0 Å². The Labute approximate surface area is 223 Å². The summed E-state index contributed by atoms with van der Waals surface area (Å²) in [6, 6.07) is 7.73. The highest BCUT2D eigenvalue weighted by molar-refractivity contribution is 5.72. The van der Waals surface area contributed by atoms with Gasteiger partial charge in [-0.2, -0.15) is 0 Å². The van der Waals surface area contributed by atoms with Crippen molar-refractivity contribution >= 4 is 5.69 Å². The van der Waals surface area contributed by atoms with E-state index in [1.54, 1.807) is 6.07 Å². The maximum Gasteiger partial charge on any atom is 0.178 e. The van der Waals surface area contributed by atoms with Crippen molar-refractivity contribution in [1.82, 2.24) is 20.2 Å². The lowest BCUT2D eigenvalue weighted by molar-refractivity contribution is 0.255. The summed E-state index contributed by atoms with van der Waals surface area (Å²) in [5, 5.41) is 3.53. The molecule has 38 heavy (non-hydrogen) atoms. The number of halogens is 2. The van der Waals surface area contributed by atoms with E-state index in [0.717, 1.165) is 31.7 Å². The number of likely N-dealkylation sites (tertiary alicyclic amines) is 1. The van der Waals surface area contributed by atoms with Gasteiger partial charge in [-0.3, -0.25) is 0 Å². The lowest BCUT2D eigenvalue weighted by atomic mass is 9.84. The van der Waals surface area contributed by atoms with Crippen LogP contribution in [-0.4, -0.2) is 54.2 Å². The molecule has 3 aliphatic heterocycles. The molecule has 2 aromatic carbocycles. The fraction of sp³-hybridized carbons (Fsp3) is 0.467. The molecule has 3 aromatic rings. The molecular formula is C30H35F2N5O. The van der Waals surface area contributed by atoms with E-state index in [9.17, 15) is 0 Å². The Hall–Kier alpha value is -3.10. The third kappa shape index (κ3) is 4.64. The van der Waals surface area contributed by atoms with Gasteiger partial charge in [0.15, 0.2) is 17.4 Å². The van der Waals surface area contributed by atoms with Crippen LogP contribution in [0, 0.1) is 11.6 Å². The third-order valence-corrected chi connectivity index (χ3v) is 8.28. The number of rotatable bonds is 5. The Morgan fingerprint density at radius 1 is 1.05 bits per heavy atom. The van der Waals surface area contributed by atoms with Crippen LogP contribution in [0.4, 0.5) is 14.5 Å². The second kappa shape index (κ2) is 10.2. The van der Waals surface area contributed by atoms with E-state index in [1.165, 1.54) is 41.8 Å². The Morgan fingerprint density at radius 3 is 2.63 bits per heavy atom. The number of hydrogen-bond donors (Lipinski definition) is 1. The van der Waals surface area contributed by atoms with Crippen LogP contribution in [0.15, 0.2) is 30.5 Å². The fourth-order valence-corrected chi connectivity index (χ4v) is 6.21. The summed E-state index contributed by atoms with van der Waals surface area (Å²) in [5.74, 6) is 0.269. The van der Waals surface area contributed by atoms with E-state index in [0.29, 0.717) is 42.6 Å². The predicted molar refractivity (Wildman–Crippen MR) is 145 cm³/mol. The molecule has 200 valence electrons. The molecule has 1 aromatic heterocycles. The Balaban J connectivity index is 1.32. The van der Waals surface area contributed by atoms with Gasteiger partial charge in [0.25, 0.3) is 0 Å². The molecule has 3 aliphatic rings. The van der Waals surface area contributed by atoms with E-state index in [4.69, 9.17) is 4.74 Å². The number of nitrogens with zero attached hydrogens (tertiary/aromatic N) is 4. The first-order valence-electron chi connectivity index (χ1n) is 13.7. The average molecular weight is 520 g/mol. The molecule has 0 bridgehead atoms. The molecule has 0 atom stereocenters. The lowest BCUT2D eigenvalue weighted by Crippen LogP contribution is -2.38. The number of nitrogens with one attached hydrogen (secondary N) is 1. The molecule has 6 nitrogen and oxygen atoms in total. The molecule has 0 saturated carbocycles. The van der Waals surface area contributed by atoms with Crippen molar-refractivity contribution in [2.75, 3.05) is 38.2 Å². The van der Waals surface area contributed by atoms with E-state index < -0.39 is 11.6 Å². The molecule has 0 spiro atoms. The number of piperidine rings is 1. The quantitative estimate of drug-likeness (QED) is 0.510. The van der Waals surface area contributed by atoms with Gasteiger partial charge >= 0.3 is 0 Å². The maximum absolute atomic E-state index is 15.1. The standard InChI is InChI=1S/C30H35F2N5O/c1-18(2)37-10-11-38-30-25(31)12-21(13-27(30)37)29-26(32)17-34-28(35-29)14-20-4-5-22(24-16-33-15-23(20)24)19-6-8-36(3)9-7-19/h4-5,12-13,17-19,33H,6-11,14-16H2,1-3H3. The topological polar surface area (TPSA) is 53.5 Å². The fourth-order valence-electron chi connectivity index (χ4n) is 6.21. The maximum atomic E-state index is 15.1. The Morgan fingerprint density at radius 2 is 1.84 bits per heavy atom. The summed E-state index contributed by atoms with van der Waals surface area (Å²) in [6.07, 6.45) is 4.07. The van der Waals surface area contributed by atoms with Crippen LogP contribution in [0.5, 0.6) is 5.75 Å². The first-order chi connectivity index (χ1) is 18.4. The number of benzene rings is 2. The zero-order chi connectivity index (χ0) is 26.4. The van der Waals surface area contributed by atoms with Crippen molar-refractivity contribution in [3.63, 3.8) is 0 Å². The van der Waals surface area contributed by atoms with Gasteiger partial charge in [-0.25, -0.2) is 18.7 Å². The van der Waals surface area contributed by atoms with E-state index in [1.807, 2.05) is 13.8 Å². The molecular weight excluding hydrogens is 484 g/mol. The highest BCUT2D eigenvalue weighted by Crippen LogP contribution is 2.40. The van der Waals surface area contributed by atoms with Crippen LogP contribution in [0.1, 0.15) is 60.7 Å². The molecule has 8 heteroatoms. The minimum Gasteiger partial charge on any atom is -0.486 e. The van der Waals surface area contributed by atoms with Crippen molar-refractivity contribution in [3.8, 4) is 17.0 Å². The summed E-state index contributed by atoms with van der Waals surface area (Å²) in [6.45, 7) is 9.13. The van der Waals surface area contributed by atoms with Gasteiger partial charge in [-0.15, -0.1) is 0 Å². The molecule has 1 N–H and O–H groups in total. The highest BCUT2D eigenvalue weighted by Gasteiger charge is 2.27. The SMILES string of the molecule is CC(C)N1CCOc2c(F)cc(-c3nc(Cc4ccc(C5CCN(C)CC5)c5c4CNC5)ncc3F)cc21. The summed E-state index contributed by atoms with van der Waals surface area (Å²) in [4.78, 5) is 13.4. The number of anilines is 1. The summed E-state index contributed by atoms with van der Waals surface area (Å²) < 4.78 is 35.7. The predicted octanol–water partition coefficient (Wildman–Crippen LogP) is 5.03. The van der Waals surface area contributed by atoms with Gasteiger partial charge in [-0.05, 0) is 87.1 Å². The first kappa shape index (κ1) is 25.2. The van der Waals surface area contributed by atoms with E-state index >= 15 is 8.78 Å². The summed E-state index contributed by atoms with van der Waals surface area (Å²) in [5.41, 5.74) is 6.49. The number of fused-ring (bicyclic) bond motifs is 2. The minimum absolute atomic E-state index is 0.115. The normalized spacial score (nSPS) is 18.0. The molecule has 1 fully saturated rings. The van der Waals surface area contributed by atoms with Crippen LogP contribution in [0.25, 0.3) is 11.3 Å². The van der Waals surface area contributed by atoms with Gasteiger partial charge in [0.2, 0.25) is 0 Å². The van der Waals surface area contributed by atoms with Crippen molar-refractivity contribution in [2.24, 2.45) is 0 Å². The van der Waals surface area contributed by atoms with E-state index in [-0.39, 0.29) is 17.5 Å². The van der Waals surface area contributed by atoms with Gasteiger partial charge in [0.05, 0.1) is 18.4 Å². The van der Waals surface area contributed by atoms with E-state index in [2.05, 4.69) is 44.3 Å². The van der Waals surface area contributed by atoms with Crippen molar-refractivity contribution < 1.29 is 13.5 Å². The highest BCUT2D eigenvalue weighted by atomic mass is 19.1. The van der Waals surface area contributed by atoms with Crippen LogP contribution in [0.3, 0.4) is 0 Å². The molecule has 1 saturated heterocycles. The molecule has 0 aliphatic carbocycles. The molecule has 6 rings (SSSR count). The zero-order valence-corrected chi connectivity index (χ0v) is 22.4. The summed E-state index contributed by atoms with van der Waals surface area (Å²) >= 11 is 0. The monoisotopic (exact) mass is 519 g/mol. The Kier molecular flexibility index (Phi) is 6.78. The van der Waals surface area contributed by atoms with Crippen LogP contribution < -0.4 is 15.0 Å². The first-order valence-corrected chi connectivity index (χ1v) is 13.7. The molecule has 4 heterocycles. The van der Waals surface area contributed by atoms with Crippen LogP contribution in [-0.2, 0) is 19.5 Å². The van der Waals surface area contributed by atoms with Crippen molar-refractivity contribution in [3.05, 3.63) is 70.2 Å². The molecule has 0 amide bonds. The number of ether oxygens (including phenoxy) is 1. The summed E-state index contributed by atoms with van der Waals surface area (Å²) in [7, 11) is 2.19. The average Bonchev–Trinajstić information content (AvgIpc) is 3.41. The molecule has 0 radical (unpaired) electrons.